The molecule has 0 spiro atoms. The summed E-state index contributed by atoms with van der Waals surface area (Å²) in [6.07, 6.45) is 7.06. The molecule has 0 unspecified atom stereocenters. The van der Waals surface area contributed by atoms with Crippen molar-refractivity contribution in [1.82, 2.24) is 10.2 Å². The Morgan fingerprint density at radius 3 is 2.25 bits per heavy atom. The maximum Gasteiger partial charge on any atom is 0.242 e. The highest BCUT2D eigenvalue weighted by Gasteiger charge is 2.28. The summed E-state index contributed by atoms with van der Waals surface area (Å²) in [4.78, 5) is 28.1. The first kappa shape index (κ1) is 27.7. The second kappa shape index (κ2) is 12.9. The fourth-order valence-electron chi connectivity index (χ4n) is 4.65. The lowest BCUT2D eigenvalue weighted by Gasteiger charge is -2.31. The van der Waals surface area contributed by atoms with Crippen LogP contribution in [0.5, 0.6) is 0 Å². The molecule has 36 heavy (non-hydrogen) atoms. The van der Waals surface area contributed by atoms with Gasteiger partial charge in [-0.3, -0.25) is 13.9 Å². The van der Waals surface area contributed by atoms with Gasteiger partial charge in [0.25, 0.3) is 0 Å². The number of nitrogens with zero attached hydrogens (tertiary/aromatic N) is 2. The van der Waals surface area contributed by atoms with Crippen LogP contribution in [0.2, 0.25) is 0 Å². The maximum absolute atomic E-state index is 13.4. The highest BCUT2D eigenvalue weighted by atomic mass is 32.2. The van der Waals surface area contributed by atoms with Crippen molar-refractivity contribution in [2.24, 2.45) is 0 Å². The van der Waals surface area contributed by atoms with Crippen LogP contribution < -0.4 is 9.62 Å². The highest BCUT2D eigenvalue weighted by Crippen LogP contribution is 2.21. The number of nitrogens with one attached hydrogen (secondary N) is 1. The molecule has 0 heterocycles. The molecule has 1 aliphatic carbocycles. The minimum Gasteiger partial charge on any atom is -0.352 e. The van der Waals surface area contributed by atoms with Gasteiger partial charge in [-0.25, -0.2) is 8.42 Å². The Kier molecular flexibility index (Phi) is 9.93. The molecule has 2 aromatic rings. The molecule has 1 aliphatic rings. The number of carbonyl (C=O) groups is 2. The van der Waals surface area contributed by atoms with Gasteiger partial charge in [0.1, 0.15) is 6.04 Å². The van der Waals surface area contributed by atoms with Crippen LogP contribution in [0.4, 0.5) is 5.69 Å². The van der Waals surface area contributed by atoms with Crippen molar-refractivity contribution in [1.29, 1.82) is 0 Å². The maximum atomic E-state index is 13.4. The van der Waals surface area contributed by atoms with Crippen LogP contribution in [0.1, 0.15) is 63.0 Å². The first-order valence-corrected chi connectivity index (χ1v) is 14.7. The van der Waals surface area contributed by atoms with Crippen molar-refractivity contribution in [2.75, 3.05) is 17.1 Å². The Hall–Kier alpha value is -2.87. The predicted molar refractivity (Wildman–Crippen MR) is 144 cm³/mol. The van der Waals surface area contributed by atoms with E-state index in [-0.39, 0.29) is 30.8 Å². The van der Waals surface area contributed by atoms with Crippen molar-refractivity contribution < 1.29 is 18.0 Å². The number of rotatable bonds is 11. The second-order valence-corrected chi connectivity index (χ2v) is 11.7. The lowest BCUT2D eigenvalue weighted by Crippen LogP contribution is -2.50. The van der Waals surface area contributed by atoms with E-state index in [1.807, 2.05) is 49.4 Å². The number of aryl methyl sites for hydroxylation is 1. The van der Waals surface area contributed by atoms with Gasteiger partial charge >= 0.3 is 0 Å². The van der Waals surface area contributed by atoms with Crippen molar-refractivity contribution in [3.05, 3.63) is 65.7 Å². The van der Waals surface area contributed by atoms with Crippen LogP contribution in [0.3, 0.4) is 0 Å². The fourth-order valence-corrected chi connectivity index (χ4v) is 5.61. The van der Waals surface area contributed by atoms with Crippen molar-refractivity contribution in [3.8, 4) is 0 Å². The summed E-state index contributed by atoms with van der Waals surface area (Å²) in [5.41, 5.74) is 2.57. The molecule has 0 radical (unpaired) electrons. The quantitative estimate of drug-likeness (QED) is 0.482. The molecule has 8 heteroatoms. The Labute approximate surface area is 215 Å². The van der Waals surface area contributed by atoms with Crippen LogP contribution in [0.25, 0.3) is 0 Å². The van der Waals surface area contributed by atoms with E-state index in [9.17, 15) is 18.0 Å². The number of amides is 2. The van der Waals surface area contributed by atoms with Crippen LogP contribution in [0.15, 0.2) is 54.6 Å². The fraction of sp³-hybridized carbons (Fsp3) is 0.500. The molecule has 7 nitrogen and oxygen atoms in total. The standard InChI is InChI=1S/C28H39N3O4S/c1-22-16-18-26(19-17-22)31(36(3,34)35)20-10-15-27(32)30(21-24-11-6-4-7-12-24)23(2)28(33)29-25-13-8-5-9-14-25/h4,6-7,11-12,16-19,23,25H,5,8-10,13-15,20-21H2,1-3H3,(H,29,33)/t23-/m0/s1. The Balaban J connectivity index is 1.68. The molecule has 0 aliphatic heterocycles. The number of hydrogen-bond acceptors (Lipinski definition) is 4. The zero-order valence-electron chi connectivity index (χ0n) is 21.7. The van der Waals surface area contributed by atoms with Gasteiger partial charge in [-0.15, -0.1) is 0 Å². The molecular formula is C28H39N3O4S. The van der Waals surface area contributed by atoms with Gasteiger partial charge in [0.15, 0.2) is 0 Å². The predicted octanol–water partition coefficient (Wildman–Crippen LogP) is 4.41. The molecule has 0 bridgehead atoms. The summed E-state index contributed by atoms with van der Waals surface area (Å²) >= 11 is 0. The van der Waals surface area contributed by atoms with Gasteiger partial charge in [-0.05, 0) is 50.8 Å². The van der Waals surface area contributed by atoms with Crippen LogP contribution in [-0.4, -0.2) is 50.0 Å². The summed E-state index contributed by atoms with van der Waals surface area (Å²) in [5.74, 6) is -0.300. The minimum atomic E-state index is -3.50. The third kappa shape index (κ3) is 8.08. The van der Waals surface area contributed by atoms with Gasteiger partial charge in [-0.1, -0.05) is 67.3 Å². The Morgan fingerprint density at radius 2 is 1.64 bits per heavy atom. The summed E-state index contributed by atoms with van der Waals surface area (Å²) in [6, 6.07) is 16.5. The molecule has 2 aromatic carbocycles. The molecule has 1 N–H and O–H groups in total. The van der Waals surface area contributed by atoms with Gasteiger partial charge in [0, 0.05) is 25.6 Å². The first-order valence-electron chi connectivity index (χ1n) is 12.8. The van der Waals surface area contributed by atoms with Crippen LogP contribution in [0, 0.1) is 6.92 Å². The van der Waals surface area contributed by atoms with E-state index in [1.54, 1.807) is 24.0 Å². The van der Waals surface area contributed by atoms with E-state index in [1.165, 1.54) is 17.0 Å². The van der Waals surface area contributed by atoms with Crippen molar-refractivity contribution in [3.63, 3.8) is 0 Å². The molecule has 1 fully saturated rings. The SMILES string of the molecule is Cc1ccc(N(CCCC(=O)N(Cc2ccccc2)[C@@H](C)C(=O)NC2CCCCC2)S(C)(=O)=O)cc1. The molecule has 196 valence electrons. The average molecular weight is 514 g/mol. The Bertz CT molecular complexity index is 1100. The molecule has 3 rings (SSSR count). The van der Waals surface area contributed by atoms with Gasteiger partial charge in [0.2, 0.25) is 21.8 Å². The Morgan fingerprint density at radius 1 is 1.00 bits per heavy atom. The summed E-state index contributed by atoms with van der Waals surface area (Å²) in [6.45, 7) is 4.23. The smallest absolute Gasteiger partial charge is 0.242 e. The summed E-state index contributed by atoms with van der Waals surface area (Å²) in [7, 11) is -3.50. The zero-order chi connectivity index (χ0) is 26.1. The third-order valence-electron chi connectivity index (χ3n) is 6.79. The van der Waals surface area contributed by atoms with E-state index >= 15 is 0 Å². The monoisotopic (exact) mass is 513 g/mol. The number of hydrogen-bond donors (Lipinski definition) is 1. The zero-order valence-corrected chi connectivity index (χ0v) is 22.5. The van der Waals surface area contributed by atoms with E-state index in [0.717, 1.165) is 36.8 Å². The minimum absolute atomic E-state index is 0.136. The van der Waals surface area contributed by atoms with Crippen LogP contribution in [-0.2, 0) is 26.2 Å². The van der Waals surface area contributed by atoms with Crippen molar-refractivity contribution >= 4 is 27.5 Å². The number of carbonyl (C=O) groups excluding carboxylic acids is 2. The highest BCUT2D eigenvalue weighted by molar-refractivity contribution is 7.92. The number of sulfonamides is 1. The van der Waals surface area contributed by atoms with Crippen LogP contribution >= 0.6 is 0 Å². The second-order valence-electron chi connectivity index (χ2n) is 9.80. The lowest BCUT2D eigenvalue weighted by molar-refractivity contribution is -0.141. The molecular weight excluding hydrogens is 474 g/mol. The van der Waals surface area contributed by atoms with Gasteiger partial charge < -0.3 is 10.2 Å². The van der Waals surface area contributed by atoms with E-state index in [4.69, 9.17) is 0 Å². The lowest BCUT2D eigenvalue weighted by atomic mass is 9.95. The van der Waals surface area contributed by atoms with E-state index < -0.39 is 16.1 Å². The topological polar surface area (TPSA) is 86.8 Å². The average Bonchev–Trinajstić information content (AvgIpc) is 2.86. The number of anilines is 1. The normalized spacial score (nSPS) is 15.2. The van der Waals surface area contributed by atoms with E-state index in [0.29, 0.717) is 18.7 Å². The third-order valence-corrected chi connectivity index (χ3v) is 7.98. The van der Waals surface area contributed by atoms with E-state index in [2.05, 4.69) is 5.32 Å². The summed E-state index contributed by atoms with van der Waals surface area (Å²) < 4.78 is 26.2. The molecule has 1 saturated carbocycles. The van der Waals surface area contributed by atoms with Crippen molar-refractivity contribution in [2.45, 2.75) is 77.4 Å². The number of benzene rings is 2. The molecule has 1 atom stereocenters. The first-order chi connectivity index (χ1) is 17.1. The summed E-state index contributed by atoms with van der Waals surface area (Å²) in [5, 5.41) is 3.14. The molecule has 0 saturated heterocycles. The van der Waals surface area contributed by atoms with Gasteiger partial charge in [-0.2, -0.15) is 0 Å². The largest absolute Gasteiger partial charge is 0.352 e. The van der Waals surface area contributed by atoms with Gasteiger partial charge in [0.05, 0.1) is 11.9 Å². The molecule has 2 amide bonds. The molecule has 0 aromatic heterocycles.